The Bertz CT molecular complexity index is 659. The van der Waals surface area contributed by atoms with Gasteiger partial charge in [0.1, 0.15) is 0 Å². The maximum absolute atomic E-state index is 11.9. The fourth-order valence-corrected chi connectivity index (χ4v) is 1.90. The lowest BCUT2D eigenvalue weighted by atomic mass is 10.2. The van der Waals surface area contributed by atoms with Gasteiger partial charge in [-0.15, -0.1) is 0 Å². The van der Waals surface area contributed by atoms with E-state index in [2.05, 4.69) is 10.6 Å². The Balaban J connectivity index is 1.92. The van der Waals surface area contributed by atoms with Gasteiger partial charge in [-0.3, -0.25) is 9.59 Å². The molecule has 5 nitrogen and oxygen atoms in total. The van der Waals surface area contributed by atoms with Crippen LogP contribution in [-0.2, 0) is 4.79 Å². The molecule has 0 aliphatic carbocycles. The Morgan fingerprint density at radius 3 is 2.52 bits per heavy atom. The van der Waals surface area contributed by atoms with Gasteiger partial charge in [0.25, 0.3) is 5.91 Å². The lowest BCUT2D eigenvalue weighted by molar-refractivity contribution is -0.115. The van der Waals surface area contributed by atoms with Gasteiger partial charge in [0.15, 0.2) is 0 Å². The zero-order valence-corrected chi connectivity index (χ0v) is 11.9. The highest BCUT2D eigenvalue weighted by Gasteiger charge is 2.12. The fourth-order valence-electron chi connectivity index (χ4n) is 1.70. The molecule has 108 valence electrons. The largest absolute Gasteiger partial charge is 0.399 e. The lowest BCUT2D eigenvalue weighted by Crippen LogP contribution is -2.33. The van der Waals surface area contributed by atoms with Crippen LogP contribution in [0.15, 0.2) is 48.5 Å². The molecule has 4 N–H and O–H groups in total. The number of hydrogen-bond donors (Lipinski definition) is 3. The number of halogens is 1. The van der Waals surface area contributed by atoms with Crippen molar-refractivity contribution in [2.24, 2.45) is 0 Å². The highest BCUT2D eigenvalue weighted by atomic mass is 35.5. The molecule has 0 bridgehead atoms. The monoisotopic (exact) mass is 303 g/mol. The van der Waals surface area contributed by atoms with Gasteiger partial charge in [-0.25, -0.2) is 0 Å². The average Bonchev–Trinajstić information content (AvgIpc) is 2.48. The van der Waals surface area contributed by atoms with Gasteiger partial charge in [-0.2, -0.15) is 0 Å². The number of amides is 2. The predicted octanol–water partition coefficient (Wildman–Crippen LogP) is 2.29. The Kier molecular flexibility index (Phi) is 4.79. The van der Waals surface area contributed by atoms with Crippen molar-refractivity contribution in [2.75, 3.05) is 17.6 Å². The normalized spacial score (nSPS) is 9.95. The van der Waals surface area contributed by atoms with E-state index >= 15 is 0 Å². The standard InChI is InChI=1S/C15H14ClN3O2/c16-13-7-6-10(17)8-12(13)15(21)18-9-14(20)19-11-4-2-1-3-5-11/h1-8H,9,17H2,(H,18,21)(H,19,20). The summed E-state index contributed by atoms with van der Waals surface area (Å²) in [5.41, 5.74) is 6.94. The summed E-state index contributed by atoms with van der Waals surface area (Å²) >= 11 is 5.92. The molecule has 2 rings (SSSR count). The molecule has 0 spiro atoms. The predicted molar refractivity (Wildman–Crippen MR) is 83.3 cm³/mol. The third-order valence-corrected chi connectivity index (χ3v) is 3.03. The molecule has 0 aromatic heterocycles. The summed E-state index contributed by atoms with van der Waals surface area (Å²) in [7, 11) is 0. The molecule has 0 atom stereocenters. The van der Waals surface area contributed by atoms with Crippen LogP contribution in [0.25, 0.3) is 0 Å². The number of nitrogen functional groups attached to an aromatic ring is 1. The van der Waals surface area contributed by atoms with Crippen LogP contribution in [0.4, 0.5) is 11.4 Å². The zero-order valence-electron chi connectivity index (χ0n) is 11.1. The third kappa shape index (κ3) is 4.22. The quantitative estimate of drug-likeness (QED) is 0.758. The first kappa shape index (κ1) is 14.9. The second kappa shape index (κ2) is 6.76. The van der Waals surface area contributed by atoms with Gasteiger partial charge >= 0.3 is 0 Å². The van der Waals surface area contributed by atoms with Gasteiger partial charge < -0.3 is 16.4 Å². The van der Waals surface area contributed by atoms with Crippen molar-refractivity contribution in [1.29, 1.82) is 0 Å². The van der Waals surface area contributed by atoms with Crippen LogP contribution in [0, 0.1) is 0 Å². The zero-order chi connectivity index (χ0) is 15.2. The molecule has 2 aromatic rings. The summed E-state index contributed by atoms with van der Waals surface area (Å²) in [4.78, 5) is 23.7. The van der Waals surface area contributed by atoms with Crippen LogP contribution in [0.5, 0.6) is 0 Å². The van der Waals surface area contributed by atoms with E-state index in [4.69, 9.17) is 17.3 Å². The molecule has 0 aliphatic heterocycles. The van der Waals surface area contributed by atoms with Gasteiger partial charge in [-0.1, -0.05) is 29.8 Å². The van der Waals surface area contributed by atoms with Crippen LogP contribution in [0.3, 0.4) is 0 Å². The van der Waals surface area contributed by atoms with Crippen molar-refractivity contribution >= 4 is 34.8 Å². The lowest BCUT2D eigenvalue weighted by Gasteiger charge is -2.08. The molecule has 2 amide bonds. The topological polar surface area (TPSA) is 84.2 Å². The summed E-state index contributed by atoms with van der Waals surface area (Å²) in [6, 6.07) is 13.6. The van der Waals surface area contributed by atoms with E-state index in [1.807, 2.05) is 6.07 Å². The van der Waals surface area contributed by atoms with E-state index in [-0.39, 0.29) is 23.0 Å². The molecule has 0 radical (unpaired) electrons. The summed E-state index contributed by atoms with van der Waals surface area (Å²) < 4.78 is 0. The van der Waals surface area contributed by atoms with Crippen LogP contribution in [0.1, 0.15) is 10.4 Å². The average molecular weight is 304 g/mol. The molecule has 6 heteroatoms. The fraction of sp³-hybridized carbons (Fsp3) is 0.0667. The van der Waals surface area contributed by atoms with Crippen LogP contribution in [-0.4, -0.2) is 18.4 Å². The van der Waals surface area contributed by atoms with Crippen molar-refractivity contribution in [2.45, 2.75) is 0 Å². The van der Waals surface area contributed by atoms with Crippen LogP contribution >= 0.6 is 11.6 Å². The number of hydrogen-bond acceptors (Lipinski definition) is 3. The molecule has 2 aromatic carbocycles. The molecular formula is C15H14ClN3O2. The van der Waals surface area contributed by atoms with Crippen molar-refractivity contribution in [3.8, 4) is 0 Å². The second-order valence-electron chi connectivity index (χ2n) is 4.34. The van der Waals surface area contributed by atoms with Crippen LogP contribution in [0.2, 0.25) is 5.02 Å². The molecule has 21 heavy (non-hydrogen) atoms. The molecular weight excluding hydrogens is 290 g/mol. The third-order valence-electron chi connectivity index (χ3n) is 2.70. The number of anilines is 2. The second-order valence-corrected chi connectivity index (χ2v) is 4.74. The van der Waals surface area contributed by atoms with E-state index in [9.17, 15) is 9.59 Å². The number of nitrogens with two attached hydrogens (primary N) is 1. The highest BCUT2D eigenvalue weighted by Crippen LogP contribution is 2.18. The summed E-state index contributed by atoms with van der Waals surface area (Å²) in [5, 5.41) is 5.44. The minimum absolute atomic E-state index is 0.154. The minimum atomic E-state index is -0.449. The highest BCUT2D eigenvalue weighted by molar-refractivity contribution is 6.34. The van der Waals surface area contributed by atoms with E-state index in [1.165, 1.54) is 12.1 Å². The van der Waals surface area contributed by atoms with E-state index in [0.717, 1.165) is 0 Å². The Labute approximate surface area is 127 Å². The first-order chi connectivity index (χ1) is 10.1. The first-order valence-corrected chi connectivity index (χ1v) is 6.62. The maximum Gasteiger partial charge on any atom is 0.253 e. The van der Waals surface area contributed by atoms with Gasteiger partial charge in [0.05, 0.1) is 17.1 Å². The SMILES string of the molecule is Nc1ccc(Cl)c(C(=O)NCC(=O)Nc2ccccc2)c1. The smallest absolute Gasteiger partial charge is 0.253 e. The van der Waals surface area contributed by atoms with Crippen molar-refractivity contribution in [3.05, 3.63) is 59.1 Å². The molecule has 0 fully saturated rings. The first-order valence-electron chi connectivity index (χ1n) is 6.24. The summed E-state index contributed by atoms with van der Waals surface area (Å²) in [6.07, 6.45) is 0. The van der Waals surface area contributed by atoms with Crippen molar-refractivity contribution in [3.63, 3.8) is 0 Å². The Morgan fingerprint density at radius 2 is 1.81 bits per heavy atom. The number of rotatable bonds is 4. The molecule has 0 heterocycles. The van der Waals surface area contributed by atoms with E-state index in [0.29, 0.717) is 11.4 Å². The molecule has 0 aliphatic rings. The summed E-state index contributed by atoms with van der Waals surface area (Å²) in [6.45, 7) is -0.154. The van der Waals surface area contributed by atoms with Gasteiger partial charge in [-0.05, 0) is 30.3 Å². The van der Waals surface area contributed by atoms with Crippen molar-refractivity contribution in [1.82, 2.24) is 5.32 Å². The van der Waals surface area contributed by atoms with Crippen molar-refractivity contribution < 1.29 is 9.59 Å². The number of carbonyl (C=O) groups excluding carboxylic acids is 2. The molecule has 0 saturated carbocycles. The minimum Gasteiger partial charge on any atom is -0.399 e. The molecule has 0 unspecified atom stereocenters. The number of para-hydroxylation sites is 1. The maximum atomic E-state index is 11.9. The number of carbonyl (C=O) groups is 2. The Morgan fingerprint density at radius 1 is 1.10 bits per heavy atom. The number of benzene rings is 2. The summed E-state index contributed by atoms with van der Waals surface area (Å²) in [5.74, 6) is -0.773. The van der Waals surface area contributed by atoms with E-state index in [1.54, 1.807) is 30.3 Å². The Hall–Kier alpha value is -2.53. The van der Waals surface area contributed by atoms with Crippen LogP contribution < -0.4 is 16.4 Å². The number of nitrogens with one attached hydrogen (secondary N) is 2. The van der Waals surface area contributed by atoms with E-state index < -0.39 is 5.91 Å². The van der Waals surface area contributed by atoms with Gasteiger partial charge in [0.2, 0.25) is 5.91 Å². The molecule has 0 saturated heterocycles. The van der Waals surface area contributed by atoms with Gasteiger partial charge in [0, 0.05) is 11.4 Å².